The molecule has 2 rings (SSSR count). The first-order valence-electron chi connectivity index (χ1n) is 5.11. The van der Waals surface area contributed by atoms with Crippen LogP contribution >= 0.6 is 23.1 Å². The maximum atomic E-state index is 5.70. The Morgan fingerprint density at radius 3 is 2.69 bits per heavy atom. The van der Waals surface area contributed by atoms with Crippen LogP contribution in [0.4, 0.5) is 0 Å². The predicted octanol–water partition coefficient (Wildman–Crippen LogP) is 3.20. The van der Waals surface area contributed by atoms with E-state index in [-0.39, 0.29) is 0 Å². The van der Waals surface area contributed by atoms with Gasteiger partial charge >= 0.3 is 0 Å². The lowest BCUT2D eigenvalue weighted by Gasteiger charge is -2.05. The third kappa shape index (κ3) is 2.84. The lowest BCUT2D eigenvalue weighted by molar-refractivity contribution is 1.04. The molecule has 0 atom stereocenters. The van der Waals surface area contributed by atoms with E-state index in [1.54, 1.807) is 23.1 Å². The van der Waals surface area contributed by atoms with Gasteiger partial charge in [0.05, 0.1) is 0 Å². The zero-order valence-corrected chi connectivity index (χ0v) is 10.8. The van der Waals surface area contributed by atoms with Crippen molar-refractivity contribution < 1.29 is 0 Å². The SMILES string of the molecule is Cc1csc(SCc2ccccc2CN)n1. The molecule has 2 N–H and O–H groups in total. The standard InChI is InChI=1S/C12H14N2S2/c1-9-7-15-12(14-9)16-8-11-5-3-2-4-10(11)6-13/h2-5,7H,6,8,13H2,1H3. The molecule has 0 aliphatic carbocycles. The Morgan fingerprint density at radius 2 is 2.06 bits per heavy atom. The van der Waals surface area contributed by atoms with Crippen LogP contribution in [0.1, 0.15) is 16.8 Å². The third-order valence-electron chi connectivity index (χ3n) is 2.29. The van der Waals surface area contributed by atoms with Gasteiger partial charge in [-0.1, -0.05) is 36.0 Å². The van der Waals surface area contributed by atoms with Crippen molar-refractivity contribution in [1.29, 1.82) is 0 Å². The van der Waals surface area contributed by atoms with E-state index in [2.05, 4.69) is 28.6 Å². The second-order valence-corrected chi connectivity index (χ2v) is 5.60. The Balaban J connectivity index is 2.04. The molecule has 0 fully saturated rings. The van der Waals surface area contributed by atoms with E-state index in [0.29, 0.717) is 6.54 Å². The molecule has 0 saturated heterocycles. The van der Waals surface area contributed by atoms with Crippen LogP contribution in [-0.4, -0.2) is 4.98 Å². The fourth-order valence-electron chi connectivity index (χ4n) is 1.44. The summed E-state index contributed by atoms with van der Waals surface area (Å²) in [6.07, 6.45) is 0. The summed E-state index contributed by atoms with van der Waals surface area (Å²) in [6, 6.07) is 8.31. The molecule has 0 aliphatic rings. The van der Waals surface area contributed by atoms with Gasteiger partial charge in [0.25, 0.3) is 0 Å². The molecule has 0 amide bonds. The minimum absolute atomic E-state index is 0.605. The van der Waals surface area contributed by atoms with Crippen molar-refractivity contribution in [2.75, 3.05) is 0 Å². The van der Waals surface area contributed by atoms with E-state index in [1.807, 2.05) is 13.0 Å². The summed E-state index contributed by atoms with van der Waals surface area (Å²) in [5.41, 5.74) is 9.33. The van der Waals surface area contributed by atoms with E-state index in [1.165, 1.54) is 11.1 Å². The van der Waals surface area contributed by atoms with Gasteiger partial charge in [0.2, 0.25) is 0 Å². The minimum atomic E-state index is 0.605. The second-order valence-electron chi connectivity index (χ2n) is 3.52. The van der Waals surface area contributed by atoms with Crippen molar-refractivity contribution >= 4 is 23.1 Å². The summed E-state index contributed by atoms with van der Waals surface area (Å²) in [5.74, 6) is 0.945. The van der Waals surface area contributed by atoms with Gasteiger partial charge in [-0.25, -0.2) is 4.98 Å². The first-order chi connectivity index (χ1) is 7.79. The first-order valence-corrected chi connectivity index (χ1v) is 6.98. The molecule has 1 heterocycles. The van der Waals surface area contributed by atoms with E-state index in [9.17, 15) is 0 Å². The first kappa shape index (κ1) is 11.6. The Labute approximate surface area is 104 Å². The molecular formula is C12H14N2S2. The molecule has 4 heteroatoms. The summed E-state index contributed by atoms with van der Waals surface area (Å²) in [6.45, 7) is 2.63. The molecule has 1 aromatic carbocycles. The van der Waals surface area contributed by atoms with Crippen LogP contribution in [0.2, 0.25) is 0 Å². The van der Waals surface area contributed by atoms with Crippen molar-refractivity contribution in [3.8, 4) is 0 Å². The number of thioether (sulfide) groups is 1. The second kappa shape index (κ2) is 5.48. The Kier molecular flexibility index (Phi) is 3.98. The fraction of sp³-hybridized carbons (Fsp3) is 0.250. The number of hydrogen-bond acceptors (Lipinski definition) is 4. The van der Waals surface area contributed by atoms with Gasteiger partial charge in [0.1, 0.15) is 4.34 Å². The van der Waals surface area contributed by atoms with Crippen molar-refractivity contribution in [3.63, 3.8) is 0 Å². The number of aromatic nitrogens is 1. The minimum Gasteiger partial charge on any atom is -0.326 e. The van der Waals surface area contributed by atoms with Crippen LogP contribution in [0.5, 0.6) is 0 Å². The number of thiazole rings is 1. The van der Waals surface area contributed by atoms with Crippen molar-refractivity contribution in [1.82, 2.24) is 4.98 Å². The zero-order chi connectivity index (χ0) is 11.4. The number of rotatable bonds is 4. The van der Waals surface area contributed by atoms with E-state index >= 15 is 0 Å². The van der Waals surface area contributed by atoms with Crippen LogP contribution in [0.25, 0.3) is 0 Å². The van der Waals surface area contributed by atoms with E-state index in [4.69, 9.17) is 5.73 Å². The number of nitrogens with two attached hydrogens (primary N) is 1. The maximum absolute atomic E-state index is 5.70. The molecule has 84 valence electrons. The highest BCUT2D eigenvalue weighted by Gasteiger charge is 2.03. The highest BCUT2D eigenvalue weighted by atomic mass is 32.2. The molecule has 0 spiro atoms. The van der Waals surface area contributed by atoms with Crippen LogP contribution < -0.4 is 5.73 Å². The smallest absolute Gasteiger partial charge is 0.150 e. The molecule has 0 bridgehead atoms. The number of hydrogen-bond donors (Lipinski definition) is 1. The molecule has 0 unspecified atom stereocenters. The lowest BCUT2D eigenvalue weighted by atomic mass is 10.1. The van der Waals surface area contributed by atoms with Crippen molar-refractivity contribution in [2.24, 2.45) is 5.73 Å². The lowest BCUT2D eigenvalue weighted by Crippen LogP contribution is -2.00. The summed E-state index contributed by atoms with van der Waals surface area (Å²) in [7, 11) is 0. The quantitative estimate of drug-likeness (QED) is 0.847. The topological polar surface area (TPSA) is 38.9 Å². The Morgan fingerprint density at radius 1 is 1.31 bits per heavy atom. The third-order valence-corrected chi connectivity index (χ3v) is 4.48. The monoisotopic (exact) mass is 250 g/mol. The van der Waals surface area contributed by atoms with Gasteiger partial charge < -0.3 is 5.73 Å². The average Bonchev–Trinajstić information content (AvgIpc) is 2.73. The summed E-state index contributed by atoms with van der Waals surface area (Å²) in [4.78, 5) is 4.43. The summed E-state index contributed by atoms with van der Waals surface area (Å²) < 4.78 is 1.13. The molecule has 0 aliphatic heterocycles. The van der Waals surface area contributed by atoms with E-state index < -0.39 is 0 Å². The van der Waals surface area contributed by atoms with E-state index in [0.717, 1.165) is 15.8 Å². The van der Waals surface area contributed by atoms with Crippen LogP contribution in [0.3, 0.4) is 0 Å². The van der Waals surface area contributed by atoms with Crippen LogP contribution in [0, 0.1) is 6.92 Å². The molecule has 2 nitrogen and oxygen atoms in total. The predicted molar refractivity (Wildman–Crippen MR) is 70.7 cm³/mol. The molecular weight excluding hydrogens is 236 g/mol. The molecule has 2 aromatic rings. The summed E-state index contributed by atoms with van der Waals surface area (Å²) in [5, 5.41) is 2.08. The highest BCUT2D eigenvalue weighted by molar-refractivity contribution is 8.00. The van der Waals surface area contributed by atoms with Gasteiger partial charge in [0.15, 0.2) is 0 Å². The van der Waals surface area contributed by atoms with Gasteiger partial charge in [-0.05, 0) is 18.1 Å². The molecule has 0 saturated carbocycles. The zero-order valence-electron chi connectivity index (χ0n) is 9.14. The number of benzene rings is 1. The van der Waals surface area contributed by atoms with Gasteiger partial charge in [-0.15, -0.1) is 11.3 Å². The van der Waals surface area contributed by atoms with Crippen LogP contribution in [0.15, 0.2) is 34.0 Å². The highest BCUT2D eigenvalue weighted by Crippen LogP contribution is 2.27. The number of nitrogens with zero attached hydrogens (tertiary/aromatic N) is 1. The van der Waals surface area contributed by atoms with Crippen LogP contribution in [-0.2, 0) is 12.3 Å². The molecule has 0 radical (unpaired) electrons. The molecule has 1 aromatic heterocycles. The van der Waals surface area contributed by atoms with Gasteiger partial charge in [-0.2, -0.15) is 0 Å². The maximum Gasteiger partial charge on any atom is 0.150 e. The van der Waals surface area contributed by atoms with Gasteiger partial charge in [0, 0.05) is 23.4 Å². The number of aryl methyl sites for hydroxylation is 1. The summed E-state index contributed by atoms with van der Waals surface area (Å²) >= 11 is 3.48. The van der Waals surface area contributed by atoms with Gasteiger partial charge in [-0.3, -0.25) is 0 Å². The van der Waals surface area contributed by atoms with Crippen molar-refractivity contribution in [3.05, 3.63) is 46.5 Å². The fourth-order valence-corrected chi connectivity index (χ4v) is 3.32. The van der Waals surface area contributed by atoms with Crippen molar-refractivity contribution in [2.45, 2.75) is 23.6 Å². The Hall–Kier alpha value is -0.840. The average molecular weight is 250 g/mol. The molecule has 16 heavy (non-hydrogen) atoms. The largest absolute Gasteiger partial charge is 0.326 e. The normalized spacial score (nSPS) is 10.6. The Bertz CT molecular complexity index is 466.